The first-order chi connectivity index (χ1) is 7.15. The molecule has 0 radical (unpaired) electrons. The summed E-state index contributed by atoms with van der Waals surface area (Å²) >= 11 is 0. The Labute approximate surface area is 89.6 Å². The van der Waals surface area contributed by atoms with Gasteiger partial charge in [-0.3, -0.25) is 0 Å². The van der Waals surface area contributed by atoms with Gasteiger partial charge in [-0.2, -0.15) is 9.97 Å². The lowest BCUT2D eigenvalue weighted by Gasteiger charge is -2.13. The van der Waals surface area contributed by atoms with Gasteiger partial charge in [0.25, 0.3) is 0 Å². The van der Waals surface area contributed by atoms with Gasteiger partial charge in [-0.25, -0.2) is 0 Å². The first-order valence-corrected chi connectivity index (χ1v) is 5.01. The van der Waals surface area contributed by atoms with Crippen molar-refractivity contribution in [2.45, 2.75) is 32.8 Å². The van der Waals surface area contributed by atoms with E-state index in [1.807, 2.05) is 6.92 Å². The maximum atomic E-state index is 5.57. The molecule has 0 aromatic carbocycles. The van der Waals surface area contributed by atoms with Gasteiger partial charge in [-0.15, -0.1) is 0 Å². The topological polar surface area (TPSA) is 70.3 Å². The molecule has 5 nitrogen and oxygen atoms in total. The summed E-state index contributed by atoms with van der Waals surface area (Å²) in [6, 6.07) is 1.63. The Kier molecular flexibility index (Phi) is 4.15. The van der Waals surface area contributed by atoms with Gasteiger partial charge in [0.1, 0.15) is 0 Å². The van der Waals surface area contributed by atoms with Crippen LogP contribution in [0.4, 0.5) is 5.95 Å². The molecule has 1 atom stereocenters. The van der Waals surface area contributed by atoms with Crippen LogP contribution in [0.15, 0.2) is 6.07 Å². The van der Waals surface area contributed by atoms with Gasteiger partial charge in [0.2, 0.25) is 17.7 Å². The fourth-order valence-corrected chi connectivity index (χ4v) is 1.26. The maximum Gasteiger partial charge on any atom is 0.226 e. The predicted molar refractivity (Wildman–Crippen MR) is 58.0 cm³/mol. The van der Waals surface area contributed by atoms with E-state index in [0.29, 0.717) is 11.8 Å². The lowest BCUT2D eigenvalue weighted by Crippen LogP contribution is -2.13. The minimum Gasteiger partial charge on any atom is -0.481 e. The van der Waals surface area contributed by atoms with Crippen molar-refractivity contribution in [3.05, 3.63) is 6.07 Å². The van der Waals surface area contributed by atoms with Crippen molar-refractivity contribution in [2.24, 2.45) is 0 Å². The molecule has 0 bridgehead atoms. The summed E-state index contributed by atoms with van der Waals surface area (Å²) in [4.78, 5) is 7.84. The molecular weight excluding hydrogens is 194 g/mol. The summed E-state index contributed by atoms with van der Waals surface area (Å²) in [5, 5.41) is 0. The molecule has 5 heteroatoms. The Morgan fingerprint density at radius 2 is 2.07 bits per heavy atom. The SMILES string of the molecule is CCCC(C)Oc1cc(OC)nc(N)n1. The minimum absolute atomic E-state index is 0.119. The molecule has 1 unspecified atom stereocenters. The molecule has 15 heavy (non-hydrogen) atoms. The quantitative estimate of drug-likeness (QED) is 0.801. The first kappa shape index (κ1) is 11.6. The highest BCUT2D eigenvalue weighted by Gasteiger charge is 2.07. The number of ether oxygens (including phenoxy) is 2. The third kappa shape index (κ3) is 3.61. The largest absolute Gasteiger partial charge is 0.481 e. The van der Waals surface area contributed by atoms with E-state index in [1.54, 1.807) is 6.07 Å². The summed E-state index contributed by atoms with van der Waals surface area (Å²) in [5.41, 5.74) is 5.50. The Balaban J connectivity index is 2.71. The molecule has 2 N–H and O–H groups in total. The smallest absolute Gasteiger partial charge is 0.226 e. The van der Waals surface area contributed by atoms with Crippen LogP contribution in [0.5, 0.6) is 11.8 Å². The Hall–Kier alpha value is -1.52. The van der Waals surface area contributed by atoms with Crippen LogP contribution in [-0.4, -0.2) is 23.2 Å². The number of rotatable bonds is 5. The van der Waals surface area contributed by atoms with Crippen molar-refractivity contribution in [3.63, 3.8) is 0 Å². The Morgan fingerprint density at radius 3 is 2.67 bits per heavy atom. The second-order valence-electron chi connectivity index (χ2n) is 3.32. The third-order valence-corrected chi connectivity index (χ3v) is 1.92. The van der Waals surface area contributed by atoms with Crippen molar-refractivity contribution in [1.82, 2.24) is 9.97 Å². The highest BCUT2D eigenvalue weighted by atomic mass is 16.5. The van der Waals surface area contributed by atoms with Gasteiger partial charge in [0.05, 0.1) is 19.3 Å². The monoisotopic (exact) mass is 211 g/mol. The average Bonchev–Trinajstić information content (AvgIpc) is 2.17. The third-order valence-electron chi connectivity index (χ3n) is 1.92. The molecule has 0 spiro atoms. The first-order valence-electron chi connectivity index (χ1n) is 5.01. The van der Waals surface area contributed by atoms with Gasteiger partial charge < -0.3 is 15.2 Å². The number of aromatic nitrogens is 2. The summed E-state index contributed by atoms with van der Waals surface area (Å²) < 4.78 is 10.5. The highest BCUT2D eigenvalue weighted by molar-refractivity contribution is 5.29. The van der Waals surface area contributed by atoms with E-state index >= 15 is 0 Å². The predicted octanol–water partition coefficient (Wildman–Crippen LogP) is 1.63. The molecule has 1 rings (SSSR count). The van der Waals surface area contributed by atoms with Crippen LogP contribution in [0.3, 0.4) is 0 Å². The van der Waals surface area contributed by atoms with Crippen LogP contribution in [0.2, 0.25) is 0 Å². The molecule has 0 aliphatic rings. The van der Waals surface area contributed by atoms with Crippen LogP contribution in [0, 0.1) is 0 Å². The van der Waals surface area contributed by atoms with Crippen LogP contribution in [0.1, 0.15) is 26.7 Å². The molecule has 0 saturated heterocycles. The summed E-state index contributed by atoms with van der Waals surface area (Å²) in [5.74, 6) is 1.04. The highest BCUT2D eigenvalue weighted by Crippen LogP contribution is 2.18. The molecule has 1 aromatic rings. The zero-order valence-electron chi connectivity index (χ0n) is 9.36. The van der Waals surface area contributed by atoms with E-state index in [2.05, 4.69) is 16.9 Å². The fraction of sp³-hybridized carbons (Fsp3) is 0.600. The van der Waals surface area contributed by atoms with Crippen molar-refractivity contribution in [1.29, 1.82) is 0 Å². The van der Waals surface area contributed by atoms with Gasteiger partial charge in [0.15, 0.2) is 0 Å². The average molecular weight is 211 g/mol. The van der Waals surface area contributed by atoms with Gasteiger partial charge in [-0.05, 0) is 13.3 Å². The minimum atomic E-state index is 0.119. The van der Waals surface area contributed by atoms with Gasteiger partial charge in [-0.1, -0.05) is 13.3 Å². The summed E-state index contributed by atoms with van der Waals surface area (Å²) in [6.07, 6.45) is 2.17. The van der Waals surface area contributed by atoms with Crippen LogP contribution < -0.4 is 15.2 Å². The van der Waals surface area contributed by atoms with Crippen molar-refractivity contribution in [3.8, 4) is 11.8 Å². The molecule has 1 heterocycles. The second kappa shape index (κ2) is 5.38. The number of nitrogen functional groups attached to an aromatic ring is 1. The van der Waals surface area contributed by atoms with Crippen LogP contribution in [-0.2, 0) is 0 Å². The van der Waals surface area contributed by atoms with E-state index in [1.165, 1.54) is 7.11 Å². The molecule has 0 fully saturated rings. The summed E-state index contributed by atoms with van der Waals surface area (Å²) in [7, 11) is 1.53. The molecule has 1 aromatic heterocycles. The van der Waals surface area contributed by atoms with Crippen molar-refractivity contribution < 1.29 is 9.47 Å². The standard InChI is InChI=1S/C10H17N3O2/c1-4-5-7(2)15-9-6-8(14-3)12-10(11)13-9/h6-7H,4-5H2,1-3H3,(H2,11,12,13). The van der Waals surface area contributed by atoms with Crippen LogP contribution in [0.25, 0.3) is 0 Å². The number of hydrogen-bond acceptors (Lipinski definition) is 5. The Morgan fingerprint density at radius 1 is 1.40 bits per heavy atom. The van der Waals surface area contributed by atoms with E-state index in [0.717, 1.165) is 12.8 Å². The van der Waals surface area contributed by atoms with E-state index in [9.17, 15) is 0 Å². The number of hydrogen-bond donors (Lipinski definition) is 1. The number of anilines is 1. The van der Waals surface area contributed by atoms with Crippen LogP contribution >= 0.6 is 0 Å². The zero-order valence-corrected chi connectivity index (χ0v) is 9.36. The van der Waals surface area contributed by atoms with Gasteiger partial charge in [0, 0.05) is 0 Å². The number of nitrogens with zero attached hydrogens (tertiary/aromatic N) is 2. The normalized spacial score (nSPS) is 12.2. The van der Waals surface area contributed by atoms with E-state index < -0.39 is 0 Å². The lowest BCUT2D eigenvalue weighted by molar-refractivity contribution is 0.200. The van der Waals surface area contributed by atoms with E-state index in [4.69, 9.17) is 15.2 Å². The molecule has 0 aliphatic heterocycles. The maximum absolute atomic E-state index is 5.57. The zero-order chi connectivity index (χ0) is 11.3. The van der Waals surface area contributed by atoms with Gasteiger partial charge >= 0.3 is 0 Å². The number of methoxy groups -OCH3 is 1. The Bertz CT molecular complexity index is 318. The fourth-order valence-electron chi connectivity index (χ4n) is 1.26. The van der Waals surface area contributed by atoms with Crippen molar-refractivity contribution in [2.75, 3.05) is 12.8 Å². The summed E-state index contributed by atoms with van der Waals surface area (Å²) in [6.45, 7) is 4.10. The van der Waals surface area contributed by atoms with E-state index in [-0.39, 0.29) is 12.1 Å². The second-order valence-corrected chi connectivity index (χ2v) is 3.32. The van der Waals surface area contributed by atoms with Crippen molar-refractivity contribution >= 4 is 5.95 Å². The number of nitrogens with two attached hydrogens (primary N) is 1. The molecule has 0 amide bonds. The lowest BCUT2D eigenvalue weighted by atomic mass is 10.2. The molecular formula is C10H17N3O2. The molecule has 84 valence electrons. The molecule has 0 aliphatic carbocycles. The molecule has 0 saturated carbocycles.